The van der Waals surface area contributed by atoms with E-state index in [9.17, 15) is 9.18 Å². The smallest absolute Gasteiger partial charge is 0.234 e. The van der Waals surface area contributed by atoms with Crippen molar-refractivity contribution in [2.24, 2.45) is 0 Å². The molecule has 3 rings (SSSR count). The summed E-state index contributed by atoms with van der Waals surface area (Å²) in [5.74, 6) is 0.402. The highest BCUT2D eigenvalue weighted by Gasteiger charge is 2.18. The molecule has 0 aliphatic carbocycles. The number of rotatable bonds is 9. The van der Waals surface area contributed by atoms with Crippen LogP contribution in [0.5, 0.6) is 0 Å². The third-order valence-corrected chi connectivity index (χ3v) is 5.88. The summed E-state index contributed by atoms with van der Waals surface area (Å²) in [5.41, 5.74) is 2.85. The summed E-state index contributed by atoms with van der Waals surface area (Å²) in [7, 11) is 1.67. The summed E-state index contributed by atoms with van der Waals surface area (Å²) in [6, 6.07) is 14.0. The lowest BCUT2D eigenvalue weighted by atomic mass is 9.87. The van der Waals surface area contributed by atoms with E-state index in [-0.39, 0.29) is 22.9 Å². The maximum Gasteiger partial charge on any atom is 0.234 e. The Labute approximate surface area is 192 Å². The highest BCUT2D eigenvalue weighted by molar-refractivity contribution is 7.99. The Bertz CT molecular complexity index is 1030. The lowest BCUT2D eigenvalue weighted by Gasteiger charge is -2.19. The first-order valence-corrected chi connectivity index (χ1v) is 11.5. The fraction of sp³-hybridized carbons (Fsp3) is 0.375. The van der Waals surface area contributed by atoms with Crippen molar-refractivity contribution in [3.8, 4) is 11.4 Å². The van der Waals surface area contributed by atoms with Gasteiger partial charge in [-0.3, -0.25) is 4.79 Å². The summed E-state index contributed by atoms with van der Waals surface area (Å²) in [6.45, 7) is 7.85. The molecule has 0 bridgehead atoms. The summed E-state index contributed by atoms with van der Waals surface area (Å²) < 4.78 is 20.3. The van der Waals surface area contributed by atoms with Crippen molar-refractivity contribution in [2.75, 3.05) is 24.8 Å². The van der Waals surface area contributed by atoms with Crippen molar-refractivity contribution in [3.05, 3.63) is 59.9 Å². The van der Waals surface area contributed by atoms with Gasteiger partial charge in [-0.1, -0.05) is 56.8 Å². The van der Waals surface area contributed by atoms with Crippen LogP contribution in [0.1, 0.15) is 32.8 Å². The second-order valence-corrected chi connectivity index (χ2v) is 9.42. The molecule has 0 saturated heterocycles. The number of benzene rings is 2. The number of carbonyl (C=O) groups excluding carboxylic acids is 1. The largest absolute Gasteiger partial charge is 0.385 e. The maximum absolute atomic E-state index is 13.0. The van der Waals surface area contributed by atoms with E-state index >= 15 is 0 Å². The second kappa shape index (κ2) is 10.7. The molecule has 2 aromatic carbocycles. The lowest BCUT2D eigenvalue weighted by Crippen LogP contribution is -2.15. The van der Waals surface area contributed by atoms with E-state index in [0.29, 0.717) is 24.0 Å². The molecule has 0 radical (unpaired) electrons. The van der Waals surface area contributed by atoms with Gasteiger partial charge in [0.25, 0.3) is 0 Å². The quantitative estimate of drug-likeness (QED) is 0.356. The molecular weight excluding hydrogens is 427 g/mol. The van der Waals surface area contributed by atoms with E-state index in [0.717, 1.165) is 17.8 Å². The van der Waals surface area contributed by atoms with Gasteiger partial charge in [-0.15, -0.1) is 10.2 Å². The first kappa shape index (κ1) is 23.9. The number of hydrogen-bond acceptors (Lipinski definition) is 5. The van der Waals surface area contributed by atoms with Crippen molar-refractivity contribution in [3.63, 3.8) is 0 Å². The minimum Gasteiger partial charge on any atom is -0.385 e. The Balaban J connectivity index is 1.74. The average molecular weight is 457 g/mol. The van der Waals surface area contributed by atoms with Gasteiger partial charge >= 0.3 is 0 Å². The number of nitrogens with zero attached hydrogens (tertiary/aromatic N) is 3. The van der Waals surface area contributed by atoms with Crippen LogP contribution in [-0.2, 0) is 21.5 Å². The predicted octanol–water partition coefficient (Wildman–Crippen LogP) is 5.15. The molecule has 0 unspecified atom stereocenters. The maximum atomic E-state index is 13.0. The van der Waals surface area contributed by atoms with Gasteiger partial charge in [-0.2, -0.15) is 0 Å². The number of hydrogen-bond donors (Lipinski definition) is 1. The minimum atomic E-state index is -0.343. The molecule has 1 N–H and O–H groups in total. The first-order chi connectivity index (χ1) is 15.3. The number of aromatic nitrogens is 3. The number of ether oxygens (including phenoxy) is 1. The van der Waals surface area contributed by atoms with Gasteiger partial charge < -0.3 is 14.6 Å². The van der Waals surface area contributed by atoms with Crippen LogP contribution < -0.4 is 5.32 Å². The zero-order valence-corrected chi connectivity index (χ0v) is 19.7. The van der Waals surface area contributed by atoms with Crippen molar-refractivity contribution < 1.29 is 13.9 Å². The molecule has 3 aromatic rings. The lowest BCUT2D eigenvalue weighted by molar-refractivity contribution is -0.113. The van der Waals surface area contributed by atoms with Crippen LogP contribution in [0.25, 0.3) is 11.4 Å². The molecule has 0 saturated carbocycles. The molecule has 0 aliphatic heterocycles. The van der Waals surface area contributed by atoms with E-state index in [1.807, 2.05) is 4.57 Å². The standard InChI is InChI=1S/C24H29FN4O2S/c1-24(2,3)18-8-6-17(7-9-18)22-27-28-23(29(22)14-5-15-31-4)32-16-21(30)26-20-12-10-19(25)11-13-20/h6-13H,5,14-16H2,1-4H3,(H,26,30). The van der Waals surface area contributed by atoms with E-state index < -0.39 is 0 Å². The molecule has 0 aliphatic rings. The average Bonchev–Trinajstić information content (AvgIpc) is 3.16. The van der Waals surface area contributed by atoms with Gasteiger partial charge in [0, 0.05) is 31.5 Å². The third kappa shape index (κ3) is 6.40. The Morgan fingerprint density at radius 1 is 1.09 bits per heavy atom. The summed E-state index contributed by atoms with van der Waals surface area (Å²) in [6.07, 6.45) is 0.803. The molecule has 32 heavy (non-hydrogen) atoms. The molecule has 1 aromatic heterocycles. The summed E-state index contributed by atoms with van der Waals surface area (Å²) in [5, 5.41) is 12.2. The van der Waals surface area contributed by atoms with Gasteiger partial charge in [0.1, 0.15) is 5.82 Å². The molecule has 8 heteroatoms. The zero-order chi connectivity index (χ0) is 23.1. The summed E-state index contributed by atoms with van der Waals surface area (Å²) >= 11 is 1.32. The number of carbonyl (C=O) groups is 1. The van der Waals surface area contributed by atoms with Gasteiger partial charge in [-0.05, 0) is 41.7 Å². The zero-order valence-electron chi connectivity index (χ0n) is 18.9. The molecule has 0 fully saturated rings. The normalized spacial score (nSPS) is 11.5. The van der Waals surface area contributed by atoms with Gasteiger partial charge in [0.2, 0.25) is 5.91 Å². The van der Waals surface area contributed by atoms with Crippen LogP contribution in [0.2, 0.25) is 0 Å². The molecule has 170 valence electrons. The van der Waals surface area contributed by atoms with E-state index in [1.165, 1.54) is 41.6 Å². The SMILES string of the molecule is COCCCn1c(SCC(=O)Nc2ccc(F)cc2)nnc1-c1ccc(C(C)(C)C)cc1. The molecular formula is C24H29FN4O2S. The number of halogens is 1. The number of methoxy groups -OCH3 is 1. The Kier molecular flexibility index (Phi) is 8.04. The number of anilines is 1. The van der Waals surface area contributed by atoms with Gasteiger partial charge in [0.05, 0.1) is 5.75 Å². The van der Waals surface area contributed by atoms with Crippen LogP contribution in [-0.4, -0.2) is 40.1 Å². The number of nitrogens with one attached hydrogen (secondary N) is 1. The van der Waals surface area contributed by atoms with Crippen molar-refractivity contribution in [1.29, 1.82) is 0 Å². The number of thioether (sulfide) groups is 1. The van der Waals surface area contributed by atoms with Crippen LogP contribution >= 0.6 is 11.8 Å². The van der Waals surface area contributed by atoms with Crippen LogP contribution in [0.4, 0.5) is 10.1 Å². The fourth-order valence-electron chi connectivity index (χ4n) is 3.16. The minimum absolute atomic E-state index is 0.0730. The topological polar surface area (TPSA) is 69.0 Å². The molecule has 1 amide bonds. The highest BCUT2D eigenvalue weighted by atomic mass is 32.2. The Morgan fingerprint density at radius 3 is 2.41 bits per heavy atom. The van der Waals surface area contributed by atoms with Crippen molar-refractivity contribution >= 4 is 23.4 Å². The van der Waals surface area contributed by atoms with Crippen molar-refractivity contribution in [2.45, 2.75) is 44.3 Å². The van der Waals surface area contributed by atoms with Crippen molar-refractivity contribution in [1.82, 2.24) is 14.8 Å². The van der Waals surface area contributed by atoms with Gasteiger partial charge in [-0.25, -0.2) is 4.39 Å². The van der Waals surface area contributed by atoms with E-state index in [1.54, 1.807) is 7.11 Å². The number of amides is 1. The molecule has 0 atom stereocenters. The highest BCUT2D eigenvalue weighted by Crippen LogP contribution is 2.28. The van der Waals surface area contributed by atoms with Crippen LogP contribution in [0.15, 0.2) is 53.7 Å². The Hall–Kier alpha value is -2.71. The van der Waals surface area contributed by atoms with Gasteiger partial charge in [0.15, 0.2) is 11.0 Å². The molecule has 6 nitrogen and oxygen atoms in total. The van der Waals surface area contributed by atoms with E-state index in [2.05, 4.69) is 60.6 Å². The monoisotopic (exact) mass is 456 g/mol. The molecule has 0 spiro atoms. The molecule has 1 heterocycles. The predicted molar refractivity (Wildman–Crippen MR) is 126 cm³/mol. The second-order valence-electron chi connectivity index (χ2n) is 8.48. The Morgan fingerprint density at radius 2 is 1.78 bits per heavy atom. The third-order valence-electron chi connectivity index (χ3n) is 4.92. The van der Waals surface area contributed by atoms with E-state index in [4.69, 9.17) is 4.74 Å². The van der Waals surface area contributed by atoms with Crippen LogP contribution in [0.3, 0.4) is 0 Å². The fourth-order valence-corrected chi connectivity index (χ4v) is 3.92. The van der Waals surface area contributed by atoms with Crippen LogP contribution in [0, 0.1) is 5.82 Å². The summed E-state index contributed by atoms with van der Waals surface area (Å²) in [4.78, 5) is 12.3. The first-order valence-electron chi connectivity index (χ1n) is 10.5.